The van der Waals surface area contributed by atoms with Gasteiger partial charge in [-0.1, -0.05) is 53.7 Å². The highest BCUT2D eigenvalue weighted by atomic mass is 32.2. The van der Waals surface area contributed by atoms with Crippen LogP contribution in [0.2, 0.25) is 0 Å². The van der Waals surface area contributed by atoms with Crippen molar-refractivity contribution in [3.05, 3.63) is 89.7 Å². The van der Waals surface area contributed by atoms with Crippen LogP contribution in [0.3, 0.4) is 0 Å². The Morgan fingerprint density at radius 3 is 2.44 bits per heavy atom. The van der Waals surface area contributed by atoms with E-state index in [9.17, 15) is 0 Å². The molecule has 5 heteroatoms. The number of benzene rings is 2. The third-order valence-corrected chi connectivity index (χ3v) is 5.43. The van der Waals surface area contributed by atoms with Crippen molar-refractivity contribution in [2.45, 2.75) is 24.8 Å². The van der Waals surface area contributed by atoms with Gasteiger partial charge in [0.25, 0.3) is 0 Å². The molecule has 0 fully saturated rings. The number of para-hydroxylation sites is 1. The van der Waals surface area contributed by atoms with E-state index in [1.54, 1.807) is 24.2 Å². The van der Waals surface area contributed by atoms with Crippen LogP contribution < -0.4 is 0 Å². The zero-order valence-electron chi connectivity index (χ0n) is 15.3. The first-order valence-electron chi connectivity index (χ1n) is 8.82. The Hall–Kier alpha value is -2.92. The first-order valence-corrected chi connectivity index (χ1v) is 9.81. The van der Waals surface area contributed by atoms with Crippen molar-refractivity contribution in [3.63, 3.8) is 0 Å². The Kier molecular flexibility index (Phi) is 5.03. The van der Waals surface area contributed by atoms with Crippen molar-refractivity contribution >= 4 is 11.8 Å². The normalized spacial score (nSPS) is 10.9. The Morgan fingerprint density at radius 1 is 0.889 bits per heavy atom. The topological polar surface area (TPSA) is 43.6 Å². The van der Waals surface area contributed by atoms with E-state index >= 15 is 0 Å². The van der Waals surface area contributed by atoms with E-state index < -0.39 is 0 Å². The Bertz CT molecular complexity index is 1040. The zero-order valence-corrected chi connectivity index (χ0v) is 16.1. The van der Waals surface area contributed by atoms with E-state index in [4.69, 9.17) is 0 Å². The number of aryl methyl sites for hydroxylation is 2. The minimum absolute atomic E-state index is 0.826. The van der Waals surface area contributed by atoms with Gasteiger partial charge in [0, 0.05) is 29.4 Å². The third kappa shape index (κ3) is 3.78. The van der Waals surface area contributed by atoms with Crippen LogP contribution >= 0.6 is 11.8 Å². The molecule has 4 aromatic rings. The number of aromatic nitrogens is 4. The van der Waals surface area contributed by atoms with Gasteiger partial charge in [-0.25, -0.2) is 0 Å². The SMILES string of the molecule is Cc1ccc(C)c(CSc2nnc(-c3ccncc3)n2-c2ccccc2)c1. The number of pyridine rings is 1. The Labute approximate surface area is 163 Å². The molecule has 0 aliphatic rings. The first-order chi connectivity index (χ1) is 13.2. The first kappa shape index (κ1) is 17.5. The largest absolute Gasteiger partial charge is 0.270 e. The number of thioether (sulfide) groups is 1. The second-order valence-electron chi connectivity index (χ2n) is 6.43. The number of hydrogen-bond acceptors (Lipinski definition) is 4. The molecule has 4 rings (SSSR count). The molecule has 2 heterocycles. The minimum atomic E-state index is 0.826. The van der Waals surface area contributed by atoms with E-state index in [1.165, 1.54) is 16.7 Å². The van der Waals surface area contributed by atoms with Crippen molar-refractivity contribution in [1.82, 2.24) is 19.7 Å². The predicted octanol–water partition coefficient (Wildman–Crippen LogP) is 5.24. The molecule has 0 radical (unpaired) electrons. The molecule has 0 saturated carbocycles. The molecule has 0 saturated heterocycles. The van der Waals surface area contributed by atoms with E-state index in [2.05, 4.69) is 63.9 Å². The standard InChI is InChI=1S/C22H20N4S/c1-16-8-9-17(2)19(14-16)15-27-22-25-24-21(18-10-12-23-13-11-18)26(22)20-6-4-3-5-7-20/h3-14H,15H2,1-2H3. The maximum absolute atomic E-state index is 4.49. The molecule has 0 aliphatic carbocycles. The van der Waals surface area contributed by atoms with Crippen LogP contribution in [0, 0.1) is 13.8 Å². The van der Waals surface area contributed by atoms with Crippen LogP contribution in [0.15, 0.2) is 78.2 Å². The predicted molar refractivity (Wildman–Crippen MR) is 110 cm³/mol. The van der Waals surface area contributed by atoms with E-state index in [-0.39, 0.29) is 0 Å². The number of nitrogens with zero attached hydrogens (tertiary/aromatic N) is 4. The lowest BCUT2D eigenvalue weighted by Crippen LogP contribution is -2.00. The van der Waals surface area contributed by atoms with Crippen LogP contribution in [-0.2, 0) is 5.75 Å². The second-order valence-corrected chi connectivity index (χ2v) is 7.37. The molecule has 27 heavy (non-hydrogen) atoms. The smallest absolute Gasteiger partial charge is 0.196 e. The quantitative estimate of drug-likeness (QED) is 0.450. The van der Waals surface area contributed by atoms with Crippen molar-refractivity contribution in [2.75, 3.05) is 0 Å². The van der Waals surface area contributed by atoms with Crippen LogP contribution in [0.4, 0.5) is 0 Å². The lowest BCUT2D eigenvalue weighted by atomic mass is 10.1. The zero-order chi connectivity index (χ0) is 18.6. The van der Waals surface area contributed by atoms with Crippen LogP contribution in [0.25, 0.3) is 17.1 Å². The second kappa shape index (κ2) is 7.76. The fourth-order valence-electron chi connectivity index (χ4n) is 2.96. The minimum Gasteiger partial charge on any atom is -0.270 e. The molecule has 2 aromatic heterocycles. The van der Waals surface area contributed by atoms with Gasteiger partial charge < -0.3 is 0 Å². The van der Waals surface area contributed by atoms with Gasteiger partial charge in [-0.05, 0) is 49.2 Å². The molecule has 0 spiro atoms. The molecule has 0 amide bonds. The lowest BCUT2D eigenvalue weighted by molar-refractivity contribution is 0.885. The number of rotatable bonds is 5. The van der Waals surface area contributed by atoms with E-state index in [0.717, 1.165) is 28.0 Å². The molecule has 0 bridgehead atoms. The lowest BCUT2D eigenvalue weighted by Gasteiger charge is -2.11. The van der Waals surface area contributed by atoms with Crippen LogP contribution in [-0.4, -0.2) is 19.7 Å². The summed E-state index contributed by atoms with van der Waals surface area (Å²) in [7, 11) is 0. The average molecular weight is 372 g/mol. The summed E-state index contributed by atoms with van der Waals surface area (Å²) in [4.78, 5) is 4.11. The fourth-order valence-corrected chi connectivity index (χ4v) is 3.97. The van der Waals surface area contributed by atoms with Crippen LogP contribution in [0.5, 0.6) is 0 Å². The molecule has 0 unspecified atom stereocenters. The molecule has 4 nitrogen and oxygen atoms in total. The summed E-state index contributed by atoms with van der Waals surface area (Å²) in [5, 5.41) is 9.85. The molecule has 2 aromatic carbocycles. The van der Waals surface area contributed by atoms with Gasteiger partial charge in [-0.3, -0.25) is 9.55 Å². The van der Waals surface area contributed by atoms with Crippen molar-refractivity contribution in [1.29, 1.82) is 0 Å². The van der Waals surface area contributed by atoms with Gasteiger partial charge >= 0.3 is 0 Å². The van der Waals surface area contributed by atoms with Crippen molar-refractivity contribution in [3.8, 4) is 17.1 Å². The van der Waals surface area contributed by atoms with Gasteiger partial charge in [-0.2, -0.15) is 0 Å². The summed E-state index contributed by atoms with van der Waals surface area (Å²) < 4.78 is 2.12. The fraction of sp³-hybridized carbons (Fsp3) is 0.136. The summed E-state index contributed by atoms with van der Waals surface area (Å²) in [6.45, 7) is 4.28. The highest BCUT2D eigenvalue weighted by Crippen LogP contribution is 2.30. The summed E-state index contributed by atoms with van der Waals surface area (Å²) >= 11 is 1.71. The van der Waals surface area contributed by atoms with Gasteiger partial charge in [0.05, 0.1) is 0 Å². The molecule has 0 N–H and O–H groups in total. The van der Waals surface area contributed by atoms with Gasteiger partial charge in [0.2, 0.25) is 0 Å². The van der Waals surface area contributed by atoms with Crippen molar-refractivity contribution < 1.29 is 0 Å². The summed E-state index contributed by atoms with van der Waals surface area (Å²) in [5.74, 6) is 1.68. The van der Waals surface area contributed by atoms with E-state index in [1.807, 2.05) is 30.3 Å². The molecular weight excluding hydrogens is 352 g/mol. The molecule has 0 atom stereocenters. The average Bonchev–Trinajstić information content (AvgIpc) is 3.14. The van der Waals surface area contributed by atoms with Gasteiger partial charge in [0.1, 0.15) is 0 Å². The van der Waals surface area contributed by atoms with Gasteiger partial charge in [-0.15, -0.1) is 10.2 Å². The third-order valence-electron chi connectivity index (χ3n) is 4.45. The van der Waals surface area contributed by atoms with Crippen molar-refractivity contribution in [2.24, 2.45) is 0 Å². The van der Waals surface area contributed by atoms with Gasteiger partial charge in [0.15, 0.2) is 11.0 Å². The highest BCUT2D eigenvalue weighted by Gasteiger charge is 2.16. The maximum atomic E-state index is 4.49. The summed E-state index contributed by atoms with van der Waals surface area (Å²) in [6, 6.07) is 20.7. The number of hydrogen-bond donors (Lipinski definition) is 0. The molecule has 134 valence electrons. The molecule has 0 aliphatic heterocycles. The summed E-state index contributed by atoms with van der Waals surface area (Å²) in [6.07, 6.45) is 3.56. The Morgan fingerprint density at radius 2 is 1.67 bits per heavy atom. The van der Waals surface area contributed by atoms with E-state index in [0.29, 0.717) is 0 Å². The maximum Gasteiger partial charge on any atom is 0.196 e. The highest BCUT2D eigenvalue weighted by molar-refractivity contribution is 7.98. The Balaban J connectivity index is 1.73. The summed E-state index contributed by atoms with van der Waals surface area (Å²) in [5.41, 5.74) is 5.96. The van der Waals surface area contributed by atoms with Crippen LogP contribution in [0.1, 0.15) is 16.7 Å². The molecular formula is C22H20N4S. The monoisotopic (exact) mass is 372 g/mol.